The molecule has 1 aliphatic rings. The molecule has 1 aliphatic heterocycles. The second-order valence-electron chi connectivity index (χ2n) is 7.73. The molecule has 30 heavy (non-hydrogen) atoms. The van der Waals surface area contributed by atoms with E-state index in [1.807, 2.05) is 37.3 Å². The third-order valence-corrected chi connectivity index (χ3v) is 6.35. The average molecular weight is 422 g/mol. The van der Waals surface area contributed by atoms with Crippen LogP contribution in [0.25, 0.3) is 0 Å². The van der Waals surface area contributed by atoms with E-state index in [4.69, 9.17) is 9.72 Å². The zero-order chi connectivity index (χ0) is 20.9. The molecule has 6 heteroatoms. The van der Waals surface area contributed by atoms with Crippen LogP contribution in [0.3, 0.4) is 0 Å². The number of carbonyl (C=O) groups excluding carboxylic acids is 1. The van der Waals surface area contributed by atoms with Crippen LogP contribution in [0.1, 0.15) is 40.7 Å². The molecule has 1 saturated heterocycles. The van der Waals surface area contributed by atoms with Crippen molar-refractivity contribution in [2.45, 2.75) is 38.8 Å². The summed E-state index contributed by atoms with van der Waals surface area (Å²) in [5.41, 5.74) is 4.32. The molecule has 1 amide bonds. The molecule has 0 bridgehead atoms. The number of thiazole rings is 1. The molecule has 1 unspecified atom stereocenters. The Morgan fingerprint density at radius 2 is 2.10 bits per heavy atom. The lowest BCUT2D eigenvalue weighted by atomic mass is 10.0. The molecule has 1 atom stereocenters. The monoisotopic (exact) mass is 421 g/mol. The van der Waals surface area contributed by atoms with Crippen molar-refractivity contribution in [1.29, 1.82) is 0 Å². The fraction of sp³-hybridized carbons (Fsp3) is 0.333. The lowest BCUT2D eigenvalue weighted by Crippen LogP contribution is -2.23. The first-order valence-corrected chi connectivity index (χ1v) is 11.2. The Morgan fingerprint density at radius 1 is 1.27 bits per heavy atom. The number of amides is 1. The number of aromatic nitrogens is 1. The van der Waals surface area contributed by atoms with E-state index < -0.39 is 0 Å². The maximum absolute atomic E-state index is 12.4. The molecule has 4 rings (SSSR count). The third-order valence-electron chi connectivity index (χ3n) is 5.45. The van der Waals surface area contributed by atoms with Gasteiger partial charge in [-0.2, -0.15) is 0 Å². The molecule has 5 nitrogen and oxygen atoms in total. The smallest absolute Gasteiger partial charge is 0.231 e. The molecule has 0 aliphatic carbocycles. The quantitative estimate of drug-likeness (QED) is 0.585. The maximum atomic E-state index is 12.4. The van der Waals surface area contributed by atoms with Crippen LogP contribution in [0.2, 0.25) is 0 Å². The summed E-state index contributed by atoms with van der Waals surface area (Å²) in [4.78, 5) is 19.5. The van der Waals surface area contributed by atoms with Gasteiger partial charge in [-0.15, -0.1) is 11.3 Å². The van der Waals surface area contributed by atoms with E-state index >= 15 is 0 Å². The van der Waals surface area contributed by atoms with Gasteiger partial charge >= 0.3 is 0 Å². The number of ether oxygens (including phenoxy) is 1. The Kier molecular flexibility index (Phi) is 6.45. The number of likely N-dealkylation sites (tertiary alicyclic amines) is 1. The number of anilines is 1. The van der Waals surface area contributed by atoms with E-state index in [2.05, 4.69) is 33.8 Å². The second-order valence-corrected chi connectivity index (χ2v) is 8.67. The van der Waals surface area contributed by atoms with E-state index in [0.29, 0.717) is 12.5 Å². The van der Waals surface area contributed by atoms with Gasteiger partial charge in [0, 0.05) is 23.7 Å². The van der Waals surface area contributed by atoms with E-state index in [9.17, 15) is 4.79 Å². The van der Waals surface area contributed by atoms with Crippen LogP contribution in [0.15, 0.2) is 53.9 Å². The maximum Gasteiger partial charge on any atom is 0.231 e. The highest BCUT2D eigenvalue weighted by molar-refractivity contribution is 7.09. The Morgan fingerprint density at radius 3 is 2.90 bits per heavy atom. The topological polar surface area (TPSA) is 54.5 Å². The van der Waals surface area contributed by atoms with Crippen LogP contribution in [0.5, 0.6) is 5.75 Å². The minimum absolute atomic E-state index is 0.0322. The largest absolute Gasteiger partial charge is 0.497 e. The van der Waals surface area contributed by atoms with Crippen molar-refractivity contribution in [3.05, 3.63) is 75.7 Å². The van der Waals surface area contributed by atoms with E-state index in [1.54, 1.807) is 18.4 Å². The van der Waals surface area contributed by atoms with Crippen LogP contribution < -0.4 is 10.1 Å². The third kappa shape index (κ3) is 5.07. The summed E-state index contributed by atoms with van der Waals surface area (Å²) >= 11 is 1.56. The summed E-state index contributed by atoms with van der Waals surface area (Å²) in [5.74, 6) is 0.866. The molecule has 156 valence electrons. The van der Waals surface area contributed by atoms with Crippen LogP contribution in [0.4, 0.5) is 5.69 Å². The van der Waals surface area contributed by atoms with Gasteiger partial charge in [-0.05, 0) is 56.1 Å². The number of benzene rings is 2. The predicted molar refractivity (Wildman–Crippen MR) is 121 cm³/mol. The number of hydrogen-bond acceptors (Lipinski definition) is 5. The Bertz CT molecular complexity index is 1000. The molecule has 2 aromatic carbocycles. The van der Waals surface area contributed by atoms with Crippen LogP contribution in [-0.4, -0.2) is 29.4 Å². The lowest BCUT2D eigenvalue weighted by molar-refractivity contribution is -0.115. The summed E-state index contributed by atoms with van der Waals surface area (Å²) < 4.78 is 5.39. The van der Waals surface area contributed by atoms with Gasteiger partial charge in [-0.3, -0.25) is 9.69 Å². The Balaban J connectivity index is 1.36. The van der Waals surface area contributed by atoms with Crippen LogP contribution in [-0.2, 0) is 17.8 Å². The van der Waals surface area contributed by atoms with Gasteiger partial charge in [-0.1, -0.05) is 29.8 Å². The molecular formula is C24H27N3O2S. The minimum atomic E-state index is -0.0322. The van der Waals surface area contributed by atoms with Gasteiger partial charge in [0.1, 0.15) is 10.8 Å². The minimum Gasteiger partial charge on any atom is -0.497 e. The number of aryl methyl sites for hydroxylation is 1. The van der Waals surface area contributed by atoms with Crippen LogP contribution >= 0.6 is 11.3 Å². The van der Waals surface area contributed by atoms with Gasteiger partial charge in [0.25, 0.3) is 0 Å². The van der Waals surface area contributed by atoms with Crippen molar-refractivity contribution in [3.8, 4) is 5.75 Å². The first kappa shape index (κ1) is 20.6. The number of methoxy groups -OCH3 is 1. The van der Waals surface area contributed by atoms with Crippen LogP contribution in [0, 0.1) is 6.92 Å². The average Bonchev–Trinajstić information content (AvgIpc) is 3.39. The zero-order valence-corrected chi connectivity index (χ0v) is 18.2. The number of hydrogen-bond donors (Lipinski definition) is 1. The summed E-state index contributed by atoms with van der Waals surface area (Å²) in [7, 11) is 1.71. The molecular weight excluding hydrogens is 394 g/mol. The second kappa shape index (κ2) is 9.41. The number of carbonyl (C=O) groups is 1. The van der Waals surface area contributed by atoms with Gasteiger partial charge < -0.3 is 10.1 Å². The molecule has 0 spiro atoms. The highest BCUT2D eigenvalue weighted by Crippen LogP contribution is 2.34. The fourth-order valence-electron chi connectivity index (χ4n) is 3.93. The molecule has 1 fully saturated rings. The molecule has 0 saturated carbocycles. The zero-order valence-electron chi connectivity index (χ0n) is 17.4. The van der Waals surface area contributed by atoms with Crippen molar-refractivity contribution < 1.29 is 9.53 Å². The van der Waals surface area contributed by atoms with Gasteiger partial charge in [0.15, 0.2) is 0 Å². The first-order valence-electron chi connectivity index (χ1n) is 10.3. The van der Waals surface area contributed by atoms with Crippen molar-refractivity contribution in [3.63, 3.8) is 0 Å². The SMILES string of the molecule is COc1cccc(C2CCCN2Cc2csc(CC(=O)Nc3ccc(C)cc3)n2)c1. The van der Waals surface area contributed by atoms with Crippen molar-refractivity contribution in [2.24, 2.45) is 0 Å². The number of nitrogens with one attached hydrogen (secondary N) is 1. The van der Waals surface area contributed by atoms with E-state index in [1.165, 1.54) is 17.5 Å². The van der Waals surface area contributed by atoms with Crippen molar-refractivity contribution >= 4 is 22.9 Å². The number of nitrogens with zero attached hydrogens (tertiary/aromatic N) is 2. The van der Waals surface area contributed by atoms with Crippen molar-refractivity contribution in [2.75, 3.05) is 19.0 Å². The van der Waals surface area contributed by atoms with Gasteiger partial charge in [0.2, 0.25) is 5.91 Å². The summed E-state index contributed by atoms with van der Waals surface area (Å²) in [6, 6.07) is 16.6. The highest BCUT2D eigenvalue weighted by Gasteiger charge is 2.27. The molecule has 0 radical (unpaired) electrons. The summed E-state index contributed by atoms with van der Waals surface area (Å²) in [5, 5.41) is 5.88. The molecule has 1 N–H and O–H groups in total. The molecule has 3 aromatic rings. The first-order chi connectivity index (χ1) is 14.6. The Labute approximate surface area is 181 Å². The molecule has 2 heterocycles. The Hall–Kier alpha value is -2.70. The van der Waals surface area contributed by atoms with Gasteiger partial charge in [0.05, 0.1) is 19.2 Å². The van der Waals surface area contributed by atoms with E-state index in [0.717, 1.165) is 41.6 Å². The van der Waals surface area contributed by atoms with E-state index in [-0.39, 0.29) is 5.91 Å². The summed E-state index contributed by atoms with van der Waals surface area (Å²) in [6.07, 6.45) is 2.62. The normalized spacial score (nSPS) is 16.5. The fourth-order valence-corrected chi connectivity index (χ4v) is 4.72. The van der Waals surface area contributed by atoms with Gasteiger partial charge in [-0.25, -0.2) is 4.98 Å². The predicted octanol–water partition coefficient (Wildman–Crippen LogP) is 4.98. The highest BCUT2D eigenvalue weighted by atomic mass is 32.1. The van der Waals surface area contributed by atoms with Crippen molar-refractivity contribution in [1.82, 2.24) is 9.88 Å². The summed E-state index contributed by atoms with van der Waals surface area (Å²) in [6.45, 7) is 3.89. The molecule has 1 aromatic heterocycles. The standard InChI is InChI=1S/C24H27N3O2S/c1-17-8-10-19(11-9-17)25-23(28)14-24-26-20(16-30-24)15-27-12-4-7-22(27)18-5-3-6-21(13-18)29-2/h3,5-6,8-11,13,16,22H,4,7,12,14-15H2,1-2H3,(H,25,28). The lowest BCUT2D eigenvalue weighted by Gasteiger charge is -2.24. The number of rotatable bonds is 7.